The average molecular weight is 421 g/mol. The molecule has 164 valence electrons. The van der Waals surface area contributed by atoms with Crippen LogP contribution in [0.25, 0.3) is 11.3 Å². The predicted molar refractivity (Wildman–Crippen MR) is 122 cm³/mol. The molecule has 4 saturated heterocycles. The van der Waals surface area contributed by atoms with Crippen molar-refractivity contribution in [1.82, 2.24) is 25.1 Å². The van der Waals surface area contributed by atoms with Gasteiger partial charge in [-0.1, -0.05) is 30.3 Å². The van der Waals surface area contributed by atoms with Crippen molar-refractivity contribution in [3.8, 4) is 11.3 Å². The minimum absolute atomic E-state index is 0.0847. The summed E-state index contributed by atoms with van der Waals surface area (Å²) in [4.78, 5) is 29.0. The van der Waals surface area contributed by atoms with Gasteiger partial charge in [-0.2, -0.15) is 0 Å². The summed E-state index contributed by atoms with van der Waals surface area (Å²) in [6.07, 6.45) is 5.25. The molecule has 2 amide bonds. The Morgan fingerprint density at radius 3 is 2.48 bits per heavy atom. The van der Waals surface area contributed by atoms with E-state index in [1.807, 2.05) is 35.4 Å². The zero-order chi connectivity index (χ0) is 21.3. The van der Waals surface area contributed by atoms with E-state index >= 15 is 0 Å². The summed E-state index contributed by atoms with van der Waals surface area (Å²) in [6.45, 7) is 8.59. The number of nitrogens with one attached hydrogen (secondary N) is 1. The van der Waals surface area contributed by atoms with Gasteiger partial charge >= 0.3 is 6.03 Å². The molecule has 1 aromatic heterocycles. The normalized spacial score (nSPS) is 28.3. The highest BCUT2D eigenvalue weighted by atomic mass is 16.2. The maximum absolute atomic E-state index is 13.1. The van der Waals surface area contributed by atoms with Gasteiger partial charge in [0.25, 0.3) is 0 Å². The standard InChI is InChI=1S/C24H32N6O/c1-24(10-14-28-12-8-20(24)9-13-28)27-23(31)30-17-15-29(16-18-30)22-25-11-7-21(26-22)19-5-3-2-4-6-19/h2-7,11,20H,8-10,12-18H2,1H3,(H,27,31). The van der Waals surface area contributed by atoms with Crippen molar-refractivity contribution < 1.29 is 4.79 Å². The first-order chi connectivity index (χ1) is 15.1. The molecule has 7 heteroatoms. The molecule has 31 heavy (non-hydrogen) atoms. The van der Waals surface area contributed by atoms with E-state index in [0.717, 1.165) is 43.3 Å². The fourth-order valence-corrected chi connectivity index (χ4v) is 5.26. The van der Waals surface area contributed by atoms with Gasteiger partial charge in [0.15, 0.2) is 0 Å². The molecule has 7 nitrogen and oxygen atoms in total. The topological polar surface area (TPSA) is 64.6 Å². The van der Waals surface area contributed by atoms with Gasteiger partial charge in [-0.15, -0.1) is 0 Å². The maximum Gasteiger partial charge on any atom is 0.317 e. The highest BCUT2D eigenvalue weighted by Gasteiger charge is 2.41. The quantitative estimate of drug-likeness (QED) is 0.827. The van der Waals surface area contributed by atoms with Crippen molar-refractivity contribution in [3.63, 3.8) is 0 Å². The number of fused-ring (bicyclic) bond motifs is 4. The monoisotopic (exact) mass is 420 g/mol. The number of benzene rings is 1. The molecule has 4 aliphatic heterocycles. The van der Waals surface area contributed by atoms with Gasteiger partial charge in [0.1, 0.15) is 0 Å². The summed E-state index contributed by atoms with van der Waals surface area (Å²) in [7, 11) is 0. The van der Waals surface area contributed by atoms with Gasteiger partial charge in [0, 0.05) is 50.0 Å². The van der Waals surface area contributed by atoms with Crippen LogP contribution >= 0.6 is 0 Å². The van der Waals surface area contributed by atoms with E-state index in [0.29, 0.717) is 19.0 Å². The van der Waals surface area contributed by atoms with Crippen molar-refractivity contribution in [2.75, 3.05) is 50.7 Å². The number of carbonyl (C=O) groups excluding carboxylic acids is 1. The molecule has 5 heterocycles. The van der Waals surface area contributed by atoms with Crippen molar-refractivity contribution in [2.45, 2.75) is 31.7 Å². The molecule has 1 aromatic carbocycles. The molecule has 0 saturated carbocycles. The second-order valence-corrected chi connectivity index (χ2v) is 9.30. The van der Waals surface area contributed by atoms with Crippen LogP contribution in [0.15, 0.2) is 42.6 Å². The first-order valence-electron chi connectivity index (χ1n) is 11.5. The van der Waals surface area contributed by atoms with E-state index in [2.05, 4.69) is 39.2 Å². The number of nitrogens with zero attached hydrogens (tertiary/aromatic N) is 5. The number of rotatable bonds is 3. The SMILES string of the molecule is CC1(NC(=O)N2CCN(c3nccc(-c4ccccc4)n3)CC2)CCN2CCC1CC2. The molecule has 4 aliphatic rings. The molecule has 1 N–H and O–H groups in total. The summed E-state index contributed by atoms with van der Waals surface area (Å²) in [6, 6.07) is 12.2. The van der Waals surface area contributed by atoms with Crippen LogP contribution in [0.2, 0.25) is 0 Å². The lowest BCUT2D eigenvalue weighted by atomic mass is 9.79. The van der Waals surface area contributed by atoms with Crippen LogP contribution in [-0.4, -0.2) is 77.2 Å². The highest BCUT2D eigenvalue weighted by Crippen LogP contribution is 2.35. The highest BCUT2D eigenvalue weighted by molar-refractivity contribution is 5.75. The Morgan fingerprint density at radius 2 is 1.74 bits per heavy atom. The fraction of sp³-hybridized carbons (Fsp3) is 0.542. The van der Waals surface area contributed by atoms with Crippen molar-refractivity contribution in [3.05, 3.63) is 42.6 Å². The van der Waals surface area contributed by atoms with Crippen LogP contribution in [0.4, 0.5) is 10.7 Å². The van der Waals surface area contributed by atoms with Gasteiger partial charge in [-0.25, -0.2) is 14.8 Å². The minimum Gasteiger partial charge on any atom is -0.337 e. The number of hydrogen-bond acceptors (Lipinski definition) is 5. The summed E-state index contributed by atoms with van der Waals surface area (Å²) in [5.41, 5.74) is 1.93. The number of amides is 2. The van der Waals surface area contributed by atoms with E-state index in [1.54, 1.807) is 0 Å². The van der Waals surface area contributed by atoms with Gasteiger partial charge in [0.2, 0.25) is 5.95 Å². The van der Waals surface area contributed by atoms with Crippen LogP contribution in [0, 0.1) is 5.92 Å². The van der Waals surface area contributed by atoms with Crippen molar-refractivity contribution in [1.29, 1.82) is 0 Å². The molecule has 6 rings (SSSR count). The van der Waals surface area contributed by atoms with Gasteiger partial charge in [-0.05, 0) is 51.3 Å². The van der Waals surface area contributed by atoms with E-state index in [-0.39, 0.29) is 11.6 Å². The van der Waals surface area contributed by atoms with Crippen LogP contribution < -0.4 is 10.2 Å². The summed E-state index contributed by atoms with van der Waals surface area (Å²) in [5, 5.41) is 3.43. The largest absolute Gasteiger partial charge is 0.337 e. The van der Waals surface area contributed by atoms with E-state index < -0.39 is 0 Å². The lowest BCUT2D eigenvalue weighted by molar-refractivity contribution is 0.153. The predicted octanol–water partition coefficient (Wildman–Crippen LogP) is 2.85. The third-order valence-corrected chi connectivity index (χ3v) is 7.39. The van der Waals surface area contributed by atoms with Gasteiger partial charge in [-0.3, -0.25) is 0 Å². The van der Waals surface area contributed by atoms with Crippen molar-refractivity contribution in [2.24, 2.45) is 5.92 Å². The number of hydrogen-bond donors (Lipinski definition) is 1. The van der Waals surface area contributed by atoms with Crippen LogP contribution in [0.5, 0.6) is 0 Å². The third kappa shape index (κ3) is 4.24. The van der Waals surface area contributed by atoms with Gasteiger partial charge in [0.05, 0.1) is 5.69 Å². The molecule has 2 bridgehead atoms. The number of urea groups is 1. The minimum atomic E-state index is -0.0907. The molecule has 0 radical (unpaired) electrons. The lowest BCUT2D eigenvalue weighted by Crippen LogP contribution is -2.59. The van der Waals surface area contributed by atoms with Crippen molar-refractivity contribution >= 4 is 12.0 Å². The Bertz CT molecular complexity index is 905. The van der Waals surface area contributed by atoms with Crippen LogP contribution in [0.1, 0.15) is 26.2 Å². The summed E-state index contributed by atoms with van der Waals surface area (Å²) >= 11 is 0. The molecule has 1 unspecified atom stereocenters. The second-order valence-electron chi connectivity index (χ2n) is 9.30. The Morgan fingerprint density at radius 1 is 1.00 bits per heavy atom. The lowest BCUT2D eigenvalue weighted by Gasteiger charge is -2.41. The molecular weight excluding hydrogens is 388 g/mol. The van der Waals surface area contributed by atoms with E-state index in [4.69, 9.17) is 4.98 Å². The molecule has 0 aliphatic carbocycles. The Balaban J connectivity index is 1.20. The molecule has 2 aromatic rings. The Hall–Kier alpha value is -2.67. The van der Waals surface area contributed by atoms with E-state index in [1.165, 1.54) is 25.9 Å². The number of piperidine rings is 1. The number of aromatic nitrogens is 2. The summed E-state index contributed by atoms with van der Waals surface area (Å²) in [5.74, 6) is 1.33. The molecule has 1 atom stereocenters. The second kappa shape index (κ2) is 8.46. The zero-order valence-electron chi connectivity index (χ0n) is 18.3. The Labute approximate surface area is 184 Å². The first kappa shape index (κ1) is 20.2. The summed E-state index contributed by atoms with van der Waals surface area (Å²) < 4.78 is 0. The first-order valence-corrected chi connectivity index (χ1v) is 11.5. The Kier molecular flexibility index (Phi) is 5.52. The van der Waals surface area contributed by atoms with Gasteiger partial charge < -0.3 is 20.0 Å². The fourth-order valence-electron chi connectivity index (χ4n) is 5.26. The third-order valence-electron chi connectivity index (χ3n) is 7.39. The smallest absolute Gasteiger partial charge is 0.317 e. The number of anilines is 1. The average Bonchev–Trinajstić information content (AvgIpc) is 3.08. The molecule has 4 fully saturated rings. The molecular formula is C24H32N6O. The molecule has 0 spiro atoms. The van der Waals surface area contributed by atoms with E-state index in [9.17, 15) is 4.79 Å². The number of carbonyl (C=O) groups is 1. The number of piperazine rings is 1. The van der Waals surface area contributed by atoms with Crippen LogP contribution in [0.3, 0.4) is 0 Å². The zero-order valence-corrected chi connectivity index (χ0v) is 18.3. The maximum atomic E-state index is 13.1. The van der Waals surface area contributed by atoms with Crippen LogP contribution in [-0.2, 0) is 0 Å².